The van der Waals surface area contributed by atoms with Crippen LogP contribution in [0.5, 0.6) is 5.75 Å². The number of aromatic amines is 1. The van der Waals surface area contributed by atoms with Crippen molar-refractivity contribution in [2.45, 2.75) is 31.1 Å². The fraction of sp³-hybridized carbons (Fsp3) is 0.207. The van der Waals surface area contributed by atoms with Crippen LogP contribution in [0, 0.1) is 0 Å². The minimum Gasteiger partial charge on any atom is -0.668 e. The SMILES string of the molecule is [NH-]C(=O)CCSC(CCc1ccccc1-c1nn[nH]n1)c1cccc(OCc2ccc3ccc(Cl)cc3n2)c1.[Na+]. The number of carbonyl (C=O) groups excluding carboxylic acids is 1. The summed E-state index contributed by atoms with van der Waals surface area (Å²) in [6.45, 7) is 0.329. The minimum atomic E-state index is -0.551. The molecule has 2 aromatic heterocycles. The number of fused-ring (bicyclic) bond motifs is 1. The van der Waals surface area contributed by atoms with E-state index in [0.29, 0.717) is 23.2 Å². The first-order valence-corrected chi connectivity index (χ1v) is 13.9. The summed E-state index contributed by atoms with van der Waals surface area (Å²) in [5, 5.41) is 16.3. The number of nitrogens with one attached hydrogen (secondary N) is 2. The number of carbonyl (C=O) groups is 1. The molecular formula is C29H26ClN6NaO2S. The number of aryl methyl sites for hydroxylation is 1. The van der Waals surface area contributed by atoms with Crippen LogP contribution in [-0.4, -0.2) is 37.3 Å². The number of tetrazole rings is 1. The third-order valence-electron chi connectivity index (χ3n) is 6.26. The maximum absolute atomic E-state index is 11.3. The number of amides is 1. The van der Waals surface area contributed by atoms with Crippen molar-refractivity contribution in [1.29, 1.82) is 0 Å². The van der Waals surface area contributed by atoms with Crippen molar-refractivity contribution in [3.8, 4) is 17.1 Å². The zero-order valence-electron chi connectivity index (χ0n) is 22.0. The van der Waals surface area contributed by atoms with Gasteiger partial charge in [-0.25, -0.2) is 4.98 Å². The summed E-state index contributed by atoms with van der Waals surface area (Å²) in [5.41, 5.74) is 12.1. The van der Waals surface area contributed by atoms with Crippen LogP contribution in [0.15, 0.2) is 78.9 Å². The summed E-state index contributed by atoms with van der Waals surface area (Å²) < 4.78 is 6.12. The van der Waals surface area contributed by atoms with Gasteiger partial charge < -0.3 is 15.3 Å². The van der Waals surface area contributed by atoms with Crippen LogP contribution < -0.4 is 34.3 Å². The molecule has 0 radical (unpaired) electrons. The van der Waals surface area contributed by atoms with Crippen molar-refractivity contribution in [2.75, 3.05) is 5.75 Å². The number of hydrogen-bond donors (Lipinski definition) is 1. The van der Waals surface area contributed by atoms with E-state index in [1.54, 1.807) is 11.8 Å². The summed E-state index contributed by atoms with van der Waals surface area (Å²) in [5.74, 6) is 1.34. The van der Waals surface area contributed by atoms with E-state index in [0.717, 1.165) is 51.9 Å². The molecule has 3 aromatic carbocycles. The second-order valence-electron chi connectivity index (χ2n) is 8.96. The Morgan fingerprint density at radius 1 is 1.05 bits per heavy atom. The van der Waals surface area contributed by atoms with Crippen LogP contribution in [0.4, 0.5) is 0 Å². The van der Waals surface area contributed by atoms with E-state index in [9.17, 15) is 4.79 Å². The van der Waals surface area contributed by atoms with Gasteiger partial charge in [-0.15, -0.1) is 10.2 Å². The quantitative estimate of drug-likeness (QED) is 0.221. The van der Waals surface area contributed by atoms with E-state index in [-0.39, 0.29) is 41.2 Å². The molecule has 5 rings (SSSR count). The van der Waals surface area contributed by atoms with Crippen molar-refractivity contribution in [3.05, 3.63) is 106 Å². The van der Waals surface area contributed by atoms with Gasteiger partial charge in [0, 0.05) is 27.1 Å². The molecule has 0 spiro atoms. The molecule has 0 saturated carbocycles. The molecule has 5 aromatic rings. The summed E-state index contributed by atoms with van der Waals surface area (Å²) in [6.07, 6.45) is 1.82. The third-order valence-corrected chi connectivity index (χ3v) is 7.84. The number of pyridine rings is 1. The Morgan fingerprint density at radius 2 is 1.90 bits per heavy atom. The van der Waals surface area contributed by atoms with Crippen LogP contribution in [0.2, 0.25) is 5.02 Å². The van der Waals surface area contributed by atoms with Crippen molar-refractivity contribution >= 4 is 40.2 Å². The molecule has 2 N–H and O–H groups in total. The van der Waals surface area contributed by atoms with Crippen molar-refractivity contribution in [1.82, 2.24) is 25.6 Å². The Balaban J connectivity index is 0.00000370. The predicted molar refractivity (Wildman–Crippen MR) is 155 cm³/mol. The Kier molecular flexibility index (Phi) is 11.0. The number of hydrogen-bond acceptors (Lipinski definition) is 7. The topological polar surface area (TPSA) is 117 Å². The molecular weight excluding hydrogens is 555 g/mol. The molecule has 2 heterocycles. The van der Waals surface area contributed by atoms with Crippen molar-refractivity contribution < 1.29 is 39.1 Å². The number of halogens is 1. The summed E-state index contributed by atoms with van der Waals surface area (Å²) >= 11 is 7.81. The maximum Gasteiger partial charge on any atom is 1.00 e. The Hall–Kier alpha value is -2.95. The number of H-pyrrole nitrogens is 1. The molecule has 0 aliphatic carbocycles. The second-order valence-corrected chi connectivity index (χ2v) is 10.7. The van der Waals surface area contributed by atoms with Gasteiger partial charge in [0.1, 0.15) is 12.4 Å². The minimum absolute atomic E-state index is 0. The van der Waals surface area contributed by atoms with E-state index >= 15 is 0 Å². The third kappa shape index (κ3) is 8.05. The van der Waals surface area contributed by atoms with Crippen LogP contribution in [0.3, 0.4) is 0 Å². The Morgan fingerprint density at radius 3 is 2.73 bits per heavy atom. The van der Waals surface area contributed by atoms with Gasteiger partial charge >= 0.3 is 29.6 Å². The number of aromatic nitrogens is 5. The molecule has 0 fully saturated rings. The average molecular weight is 581 g/mol. The van der Waals surface area contributed by atoms with Gasteiger partial charge in [0.25, 0.3) is 0 Å². The molecule has 1 atom stereocenters. The number of benzene rings is 3. The average Bonchev–Trinajstić information content (AvgIpc) is 3.49. The van der Waals surface area contributed by atoms with Gasteiger partial charge in [-0.3, -0.25) is 0 Å². The number of ether oxygens (including phenoxy) is 1. The van der Waals surface area contributed by atoms with Crippen molar-refractivity contribution in [2.24, 2.45) is 0 Å². The first-order valence-electron chi connectivity index (χ1n) is 12.5. The number of nitrogens with zero attached hydrogens (tertiary/aromatic N) is 4. The Bertz CT molecular complexity index is 1570. The molecule has 40 heavy (non-hydrogen) atoms. The zero-order chi connectivity index (χ0) is 27.0. The molecule has 11 heteroatoms. The Labute approximate surface area is 263 Å². The fourth-order valence-electron chi connectivity index (χ4n) is 4.33. The van der Waals surface area contributed by atoms with E-state index in [4.69, 9.17) is 22.1 Å². The fourth-order valence-corrected chi connectivity index (χ4v) is 5.71. The van der Waals surface area contributed by atoms with Crippen molar-refractivity contribution in [3.63, 3.8) is 0 Å². The summed E-state index contributed by atoms with van der Waals surface area (Å²) in [7, 11) is 0. The number of rotatable bonds is 12. The van der Waals surface area contributed by atoms with E-state index < -0.39 is 5.91 Å². The smallest absolute Gasteiger partial charge is 0.668 e. The molecule has 198 valence electrons. The standard InChI is InChI=1S/C29H27ClN6O2S.Na/c30-22-11-8-20-9-12-23(32-26(20)17-22)18-38-24-6-3-5-21(16-24)27(39-15-14-28(31)37)13-10-19-4-1-2-7-25(19)29-33-35-36-34-29;/h1-9,11-12,16-17,27H,10,13-15,18H2,(H3,31,33,34,35,36,37);/q;+1/p-1. The largest absolute Gasteiger partial charge is 1.00 e. The van der Waals surface area contributed by atoms with Crippen LogP contribution in [0.1, 0.15) is 34.9 Å². The van der Waals surface area contributed by atoms with Gasteiger partial charge in [0.2, 0.25) is 5.82 Å². The maximum atomic E-state index is 11.3. The second kappa shape index (κ2) is 14.6. The molecule has 0 aliphatic heterocycles. The molecule has 8 nitrogen and oxygen atoms in total. The zero-order valence-corrected chi connectivity index (χ0v) is 25.6. The summed E-state index contributed by atoms with van der Waals surface area (Å²) in [6, 6.07) is 25.7. The van der Waals surface area contributed by atoms with Crippen LogP contribution >= 0.6 is 23.4 Å². The van der Waals surface area contributed by atoms with E-state index in [1.165, 1.54) is 0 Å². The first-order chi connectivity index (χ1) is 19.0. The molecule has 0 saturated heterocycles. The molecule has 0 bridgehead atoms. The van der Waals surface area contributed by atoms with Gasteiger partial charge in [-0.05, 0) is 71.7 Å². The predicted octanol–water partition coefficient (Wildman–Crippen LogP) is 4.03. The normalized spacial score (nSPS) is 11.6. The molecule has 0 aliphatic rings. The van der Waals surface area contributed by atoms with E-state index in [1.807, 2.05) is 66.7 Å². The van der Waals surface area contributed by atoms with Gasteiger partial charge in [0.05, 0.1) is 11.2 Å². The first kappa shape index (κ1) is 30.0. The van der Waals surface area contributed by atoms with Gasteiger partial charge in [0.15, 0.2) is 0 Å². The number of thioether (sulfide) groups is 1. The molecule has 1 unspecified atom stereocenters. The monoisotopic (exact) mass is 580 g/mol. The van der Waals surface area contributed by atoms with E-state index in [2.05, 4.69) is 37.7 Å². The summed E-state index contributed by atoms with van der Waals surface area (Å²) in [4.78, 5) is 16.0. The van der Waals surface area contributed by atoms with Gasteiger partial charge in [-0.1, -0.05) is 60.1 Å². The van der Waals surface area contributed by atoms with Gasteiger partial charge in [-0.2, -0.15) is 17.0 Å². The molecule has 1 amide bonds. The van der Waals surface area contributed by atoms with Crippen LogP contribution in [-0.2, 0) is 17.8 Å². The van der Waals surface area contributed by atoms with Crippen LogP contribution in [0.25, 0.3) is 28.0 Å².